The molecule has 0 unspecified atom stereocenters. The number of hydrogen-bond acceptors (Lipinski definition) is 6. The third-order valence-electron chi connectivity index (χ3n) is 5.21. The first-order chi connectivity index (χ1) is 15.1. The largest absolute Gasteiger partial charge is 0.445 e. The number of hydrogen-bond donors (Lipinski definition) is 2. The number of carbonyl (C=O) groups is 2. The average molecular weight is 437 g/mol. The number of nitrogens with zero attached hydrogens (tertiary/aromatic N) is 2. The summed E-state index contributed by atoms with van der Waals surface area (Å²) in [6.45, 7) is 1.18. The fraction of sp³-hybridized carbons (Fsp3) is 0.261. The molecule has 3 aromatic rings. The van der Waals surface area contributed by atoms with Gasteiger partial charge in [0.1, 0.15) is 12.6 Å². The minimum absolute atomic E-state index is 0.184. The van der Waals surface area contributed by atoms with Crippen molar-refractivity contribution in [1.29, 1.82) is 0 Å². The number of benzene rings is 2. The monoisotopic (exact) mass is 436 g/mol. The molecule has 1 aliphatic rings. The lowest BCUT2D eigenvalue weighted by Crippen LogP contribution is -2.43. The Bertz CT molecular complexity index is 1040. The van der Waals surface area contributed by atoms with Crippen LogP contribution in [-0.2, 0) is 22.7 Å². The van der Waals surface area contributed by atoms with Gasteiger partial charge in [-0.2, -0.15) is 0 Å². The molecule has 0 bridgehead atoms. The molecule has 1 fully saturated rings. The van der Waals surface area contributed by atoms with E-state index in [1.165, 1.54) is 16.2 Å². The van der Waals surface area contributed by atoms with Crippen LogP contribution in [0.25, 0.3) is 11.3 Å². The second-order valence-corrected chi connectivity index (χ2v) is 8.18. The Hall–Kier alpha value is -3.23. The van der Waals surface area contributed by atoms with E-state index in [1.807, 2.05) is 60.0 Å². The Morgan fingerprint density at radius 1 is 1.13 bits per heavy atom. The first-order valence-electron chi connectivity index (χ1n) is 10.2. The highest BCUT2D eigenvalue weighted by atomic mass is 32.1. The van der Waals surface area contributed by atoms with Crippen LogP contribution in [0.1, 0.15) is 24.0 Å². The molecule has 7 nitrogen and oxygen atoms in total. The van der Waals surface area contributed by atoms with E-state index < -0.39 is 12.1 Å². The summed E-state index contributed by atoms with van der Waals surface area (Å²) in [7, 11) is 0. The molecule has 1 aromatic heterocycles. The molecule has 31 heavy (non-hydrogen) atoms. The van der Waals surface area contributed by atoms with Crippen molar-refractivity contribution in [3.63, 3.8) is 0 Å². The predicted molar refractivity (Wildman–Crippen MR) is 120 cm³/mol. The summed E-state index contributed by atoms with van der Waals surface area (Å²) in [6.07, 6.45) is 0.890. The number of amides is 2. The van der Waals surface area contributed by atoms with Crippen molar-refractivity contribution in [3.05, 3.63) is 71.1 Å². The first-order valence-corrected chi connectivity index (χ1v) is 11.0. The lowest BCUT2D eigenvalue weighted by molar-refractivity contribution is -0.120. The maximum Gasteiger partial charge on any atom is 0.410 e. The van der Waals surface area contributed by atoms with Crippen LogP contribution >= 0.6 is 11.3 Å². The number of rotatable bonds is 6. The molecule has 160 valence electrons. The summed E-state index contributed by atoms with van der Waals surface area (Å²) in [5.74, 6) is -0.242. The zero-order valence-electron chi connectivity index (χ0n) is 17.0. The molecule has 1 atom stereocenters. The minimum Gasteiger partial charge on any atom is -0.445 e. The molecular weight excluding hydrogens is 412 g/mol. The molecule has 0 aliphatic carbocycles. The summed E-state index contributed by atoms with van der Waals surface area (Å²) in [6, 6.07) is 16.8. The Labute approximate surface area is 184 Å². The van der Waals surface area contributed by atoms with Crippen molar-refractivity contribution in [2.45, 2.75) is 32.0 Å². The molecule has 1 saturated heterocycles. The summed E-state index contributed by atoms with van der Waals surface area (Å²) >= 11 is 1.36. The third-order valence-corrected chi connectivity index (χ3v) is 5.97. The van der Waals surface area contributed by atoms with Gasteiger partial charge >= 0.3 is 6.09 Å². The molecule has 2 aromatic carbocycles. The Balaban J connectivity index is 1.36. The quantitative estimate of drug-likeness (QED) is 0.608. The molecule has 0 spiro atoms. The smallest absolute Gasteiger partial charge is 0.410 e. The van der Waals surface area contributed by atoms with Crippen LogP contribution in [-0.4, -0.2) is 34.5 Å². The maximum atomic E-state index is 12.8. The van der Waals surface area contributed by atoms with Crippen molar-refractivity contribution in [1.82, 2.24) is 9.88 Å². The van der Waals surface area contributed by atoms with E-state index in [-0.39, 0.29) is 12.5 Å². The van der Waals surface area contributed by atoms with E-state index in [0.717, 1.165) is 28.8 Å². The number of anilines is 1. The van der Waals surface area contributed by atoms with Crippen molar-refractivity contribution >= 4 is 28.5 Å². The fourth-order valence-electron chi connectivity index (χ4n) is 3.52. The topological polar surface area (TPSA) is 97.6 Å². The van der Waals surface area contributed by atoms with E-state index in [9.17, 15) is 9.59 Å². The van der Waals surface area contributed by atoms with Crippen molar-refractivity contribution in [2.24, 2.45) is 5.73 Å². The van der Waals surface area contributed by atoms with Gasteiger partial charge in [-0.05, 0) is 24.0 Å². The van der Waals surface area contributed by atoms with E-state index >= 15 is 0 Å². The number of nitrogens with one attached hydrogen (secondary N) is 1. The highest BCUT2D eigenvalue weighted by molar-refractivity contribution is 7.14. The maximum absolute atomic E-state index is 12.8. The number of nitrogens with two attached hydrogens (primary N) is 1. The number of carbonyl (C=O) groups excluding carboxylic acids is 2. The van der Waals surface area contributed by atoms with Gasteiger partial charge in [0.15, 0.2) is 5.13 Å². The normalized spacial score (nSPS) is 15.6. The molecule has 8 heteroatoms. The Morgan fingerprint density at radius 2 is 1.90 bits per heavy atom. The SMILES string of the molecule is NCc1ccc(-c2csc(NC(=O)[C@H]3CCCN3C(=O)OCc3ccccc3)n2)cc1. The van der Waals surface area contributed by atoms with Gasteiger partial charge in [-0.3, -0.25) is 9.69 Å². The molecule has 4 rings (SSSR count). The molecule has 0 saturated carbocycles. The lowest BCUT2D eigenvalue weighted by Gasteiger charge is -2.22. The summed E-state index contributed by atoms with van der Waals surface area (Å²) in [5.41, 5.74) is 9.34. The highest BCUT2D eigenvalue weighted by Crippen LogP contribution is 2.26. The summed E-state index contributed by atoms with van der Waals surface area (Å²) in [5, 5.41) is 5.26. The standard InChI is InChI=1S/C23H24N4O3S/c24-13-16-8-10-18(11-9-16)19-15-31-22(25-19)26-21(28)20-7-4-12-27(20)23(29)30-14-17-5-2-1-3-6-17/h1-3,5-6,8-11,15,20H,4,7,12-14,24H2,(H,25,26,28)/t20-/m1/s1. The van der Waals surface area contributed by atoms with E-state index in [0.29, 0.717) is 24.6 Å². The molecule has 1 aliphatic heterocycles. The van der Waals surface area contributed by atoms with Crippen LogP contribution < -0.4 is 11.1 Å². The lowest BCUT2D eigenvalue weighted by atomic mass is 10.1. The zero-order valence-corrected chi connectivity index (χ0v) is 17.8. The van der Waals surface area contributed by atoms with Gasteiger partial charge < -0.3 is 15.8 Å². The highest BCUT2D eigenvalue weighted by Gasteiger charge is 2.35. The van der Waals surface area contributed by atoms with Crippen LogP contribution in [0.5, 0.6) is 0 Å². The molecule has 2 amide bonds. The molecular formula is C23H24N4O3S. The molecule has 3 N–H and O–H groups in total. The Kier molecular flexibility index (Phi) is 6.59. The molecule has 0 radical (unpaired) electrons. The van der Waals surface area contributed by atoms with Gasteiger partial charge in [-0.15, -0.1) is 11.3 Å². The number of aromatic nitrogens is 1. The Morgan fingerprint density at radius 3 is 2.65 bits per heavy atom. The van der Waals surface area contributed by atoms with Crippen LogP contribution in [0.4, 0.5) is 9.93 Å². The summed E-state index contributed by atoms with van der Waals surface area (Å²) in [4.78, 5) is 31.4. The van der Waals surface area contributed by atoms with Gasteiger partial charge in [0.2, 0.25) is 5.91 Å². The van der Waals surface area contributed by atoms with Crippen LogP contribution in [0.2, 0.25) is 0 Å². The van der Waals surface area contributed by atoms with Crippen molar-refractivity contribution in [3.8, 4) is 11.3 Å². The second-order valence-electron chi connectivity index (χ2n) is 7.32. The third kappa shape index (κ3) is 5.10. The van der Waals surface area contributed by atoms with Gasteiger partial charge in [0, 0.05) is 24.0 Å². The van der Waals surface area contributed by atoms with Crippen LogP contribution in [0, 0.1) is 0 Å². The van der Waals surface area contributed by atoms with Gasteiger partial charge in [-0.25, -0.2) is 9.78 Å². The summed E-state index contributed by atoms with van der Waals surface area (Å²) < 4.78 is 5.41. The van der Waals surface area contributed by atoms with Crippen LogP contribution in [0.15, 0.2) is 60.0 Å². The zero-order chi connectivity index (χ0) is 21.6. The second kappa shape index (κ2) is 9.72. The van der Waals surface area contributed by atoms with E-state index in [2.05, 4.69) is 10.3 Å². The number of likely N-dealkylation sites (tertiary alicyclic amines) is 1. The van der Waals surface area contributed by atoms with Gasteiger partial charge in [-0.1, -0.05) is 54.6 Å². The number of ether oxygens (including phenoxy) is 1. The average Bonchev–Trinajstić information content (AvgIpc) is 3.48. The predicted octanol–water partition coefficient (Wildman–Crippen LogP) is 4.01. The van der Waals surface area contributed by atoms with Gasteiger partial charge in [0.05, 0.1) is 5.69 Å². The van der Waals surface area contributed by atoms with Crippen molar-refractivity contribution in [2.75, 3.05) is 11.9 Å². The van der Waals surface area contributed by atoms with E-state index in [1.54, 1.807) is 0 Å². The number of thiazole rings is 1. The molecule has 2 heterocycles. The fourth-order valence-corrected chi connectivity index (χ4v) is 4.25. The van der Waals surface area contributed by atoms with Crippen molar-refractivity contribution < 1.29 is 14.3 Å². The van der Waals surface area contributed by atoms with E-state index in [4.69, 9.17) is 10.5 Å². The van der Waals surface area contributed by atoms with Gasteiger partial charge in [0.25, 0.3) is 0 Å². The first kappa shape index (κ1) is 21.0. The van der Waals surface area contributed by atoms with Crippen LogP contribution in [0.3, 0.4) is 0 Å². The minimum atomic E-state index is -0.556.